The molecule has 4 nitrogen and oxygen atoms in total. The highest BCUT2D eigenvalue weighted by Gasteiger charge is 2.20. The molecule has 74 valence electrons. The van der Waals surface area contributed by atoms with Gasteiger partial charge in [0.15, 0.2) is 5.69 Å². The first-order valence-corrected chi connectivity index (χ1v) is 4.98. The van der Waals surface area contributed by atoms with Crippen LogP contribution in [0.4, 0.5) is 5.82 Å². The van der Waals surface area contributed by atoms with E-state index in [4.69, 9.17) is 5.26 Å². The van der Waals surface area contributed by atoms with Crippen LogP contribution in [0.25, 0.3) is 0 Å². The number of hydrogen-bond acceptors (Lipinski definition) is 3. The second kappa shape index (κ2) is 3.33. The fraction of sp³-hybridized carbons (Fsp3) is 0.600. The maximum Gasteiger partial charge on any atom is 0.183 e. The molecule has 4 heteroatoms. The topological polar surface area (TPSA) is 53.6 Å². The number of aromatic nitrogens is 2. The molecular formula is C10H14N4. The molecule has 0 unspecified atom stereocenters. The minimum absolute atomic E-state index is 0.371. The van der Waals surface area contributed by atoms with Gasteiger partial charge in [-0.2, -0.15) is 5.26 Å². The first-order valence-electron chi connectivity index (χ1n) is 4.98. The highest BCUT2D eigenvalue weighted by atomic mass is 15.2. The maximum absolute atomic E-state index is 8.92. The molecule has 0 fully saturated rings. The van der Waals surface area contributed by atoms with Gasteiger partial charge in [-0.25, -0.2) is 4.98 Å². The number of imidazole rings is 1. The first-order chi connectivity index (χ1) is 6.74. The Kier molecular flexibility index (Phi) is 2.16. The zero-order valence-electron chi connectivity index (χ0n) is 8.54. The van der Waals surface area contributed by atoms with Gasteiger partial charge in [0.2, 0.25) is 0 Å². The highest BCUT2D eigenvalue weighted by Crippen LogP contribution is 2.25. The van der Waals surface area contributed by atoms with Gasteiger partial charge >= 0.3 is 0 Å². The first kappa shape index (κ1) is 9.07. The summed E-state index contributed by atoms with van der Waals surface area (Å²) >= 11 is 0. The van der Waals surface area contributed by atoms with Crippen LogP contribution in [0.5, 0.6) is 0 Å². The summed E-state index contributed by atoms with van der Waals surface area (Å²) in [5.41, 5.74) is 0.536. The largest absolute Gasteiger partial charge is 0.369 e. The lowest BCUT2D eigenvalue weighted by molar-refractivity contribution is 0.580. The van der Waals surface area contributed by atoms with Gasteiger partial charge in [-0.15, -0.1) is 0 Å². The van der Waals surface area contributed by atoms with Crippen LogP contribution in [0.3, 0.4) is 0 Å². The molecule has 0 amide bonds. The molecule has 1 aliphatic rings. The summed E-state index contributed by atoms with van der Waals surface area (Å²) in [6, 6.07) is 2.14. The molecule has 1 N–H and O–H groups in total. The van der Waals surface area contributed by atoms with E-state index in [1.807, 2.05) is 0 Å². The van der Waals surface area contributed by atoms with Crippen molar-refractivity contribution in [1.82, 2.24) is 9.55 Å². The lowest BCUT2D eigenvalue weighted by Gasteiger charge is -2.19. The molecule has 0 aromatic carbocycles. The van der Waals surface area contributed by atoms with Crippen molar-refractivity contribution in [3.63, 3.8) is 0 Å². The average Bonchev–Trinajstić information content (AvgIpc) is 2.56. The Hall–Kier alpha value is -1.50. The van der Waals surface area contributed by atoms with Crippen molar-refractivity contribution in [3.8, 4) is 6.07 Å². The number of nitriles is 1. The molecule has 0 atom stereocenters. The summed E-state index contributed by atoms with van der Waals surface area (Å²) in [6.07, 6.45) is 1.11. The number of anilines is 1. The standard InChI is InChI=1S/C10H14N4/c1-7(2)9-13-8(6-11)10-12-4-3-5-14(9)10/h7,12H,3-5H2,1-2H3. The Morgan fingerprint density at radius 1 is 1.57 bits per heavy atom. The van der Waals surface area contributed by atoms with Crippen molar-refractivity contribution in [2.75, 3.05) is 11.9 Å². The van der Waals surface area contributed by atoms with E-state index in [-0.39, 0.29) is 0 Å². The molecule has 2 rings (SSSR count). The van der Waals surface area contributed by atoms with Gasteiger partial charge in [0, 0.05) is 19.0 Å². The van der Waals surface area contributed by atoms with Gasteiger partial charge in [0.25, 0.3) is 0 Å². The maximum atomic E-state index is 8.92. The van der Waals surface area contributed by atoms with Crippen LogP contribution in [0.2, 0.25) is 0 Å². The number of rotatable bonds is 1. The number of nitrogens with zero attached hydrogens (tertiary/aromatic N) is 3. The number of fused-ring (bicyclic) bond motifs is 1. The van der Waals surface area contributed by atoms with E-state index in [0.717, 1.165) is 31.2 Å². The fourth-order valence-corrected chi connectivity index (χ4v) is 1.84. The molecule has 2 heterocycles. The van der Waals surface area contributed by atoms with E-state index in [1.54, 1.807) is 0 Å². The van der Waals surface area contributed by atoms with Crippen LogP contribution in [0.1, 0.15) is 37.7 Å². The Balaban J connectivity index is 2.53. The van der Waals surface area contributed by atoms with Crippen LogP contribution < -0.4 is 5.32 Å². The Bertz CT molecular complexity index is 384. The van der Waals surface area contributed by atoms with E-state index in [0.29, 0.717) is 11.6 Å². The van der Waals surface area contributed by atoms with Gasteiger partial charge in [-0.1, -0.05) is 13.8 Å². The zero-order chi connectivity index (χ0) is 10.1. The lowest BCUT2D eigenvalue weighted by Crippen LogP contribution is -2.19. The van der Waals surface area contributed by atoms with Crippen molar-refractivity contribution in [1.29, 1.82) is 5.26 Å². The molecule has 14 heavy (non-hydrogen) atoms. The predicted molar refractivity (Wildman–Crippen MR) is 54.1 cm³/mol. The molecule has 1 aromatic heterocycles. The second-order valence-electron chi connectivity index (χ2n) is 3.87. The van der Waals surface area contributed by atoms with E-state index in [1.165, 1.54) is 0 Å². The van der Waals surface area contributed by atoms with Gasteiger partial charge in [0.1, 0.15) is 17.7 Å². The SMILES string of the molecule is CC(C)c1nc(C#N)c2n1CCCN2. The Labute approximate surface area is 83.6 Å². The predicted octanol–water partition coefficient (Wildman–Crippen LogP) is 1.69. The molecule has 1 aliphatic heterocycles. The average molecular weight is 190 g/mol. The Morgan fingerprint density at radius 3 is 3.00 bits per heavy atom. The van der Waals surface area contributed by atoms with Crippen LogP contribution in [0.15, 0.2) is 0 Å². The molecular weight excluding hydrogens is 176 g/mol. The molecule has 0 saturated carbocycles. The van der Waals surface area contributed by atoms with Gasteiger partial charge in [-0.05, 0) is 6.42 Å². The van der Waals surface area contributed by atoms with E-state index in [2.05, 4.69) is 34.8 Å². The third-order valence-electron chi connectivity index (χ3n) is 2.47. The monoisotopic (exact) mass is 190 g/mol. The molecule has 0 radical (unpaired) electrons. The minimum atomic E-state index is 0.371. The summed E-state index contributed by atoms with van der Waals surface area (Å²) < 4.78 is 2.13. The van der Waals surface area contributed by atoms with Gasteiger partial charge in [0.05, 0.1) is 0 Å². The van der Waals surface area contributed by atoms with Crippen molar-refractivity contribution < 1.29 is 0 Å². The van der Waals surface area contributed by atoms with E-state index >= 15 is 0 Å². The molecule has 1 aromatic rings. The fourth-order valence-electron chi connectivity index (χ4n) is 1.84. The lowest BCUT2D eigenvalue weighted by atomic mass is 10.2. The van der Waals surface area contributed by atoms with Gasteiger partial charge < -0.3 is 9.88 Å². The normalized spacial score (nSPS) is 14.7. The molecule has 0 saturated heterocycles. The van der Waals surface area contributed by atoms with Crippen LogP contribution >= 0.6 is 0 Å². The number of hydrogen-bond donors (Lipinski definition) is 1. The zero-order valence-corrected chi connectivity index (χ0v) is 8.54. The minimum Gasteiger partial charge on any atom is -0.369 e. The molecule has 0 spiro atoms. The highest BCUT2D eigenvalue weighted by molar-refractivity contribution is 5.51. The number of nitrogens with one attached hydrogen (secondary N) is 1. The summed E-state index contributed by atoms with van der Waals surface area (Å²) in [5, 5.41) is 12.2. The van der Waals surface area contributed by atoms with Crippen LogP contribution in [-0.4, -0.2) is 16.1 Å². The summed E-state index contributed by atoms with van der Waals surface area (Å²) in [7, 11) is 0. The molecule has 0 aliphatic carbocycles. The van der Waals surface area contributed by atoms with Crippen molar-refractivity contribution in [2.24, 2.45) is 0 Å². The second-order valence-corrected chi connectivity index (χ2v) is 3.87. The van der Waals surface area contributed by atoms with E-state index in [9.17, 15) is 0 Å². The van der Waals surface area contributed by atoms with E-state index < -0.39 is 0 Å². The summed E-state index contributed by atoms with van der Waals surface area (Å²) in [6.45, 7) is 6.12. The summed E-state index contributed by atoms with van der Waals surface area (Å²) in [4.78, 5) is 4.35. The third-order valence-corrected chi connectivity index (χ3v) is 2.47. The van der Waals surface area contributed by atoms with Crippen molar-refractivity contribution >= 4 is 5.82 Å². The summed E-state index contributed by atoms with van der Waals surface area (Å²) in [5.74, 6) is 2.29. The molecule has 0 bridgehead atoms. The van der Waals surface area contributed by atoms with Crippen LogP contribution in [-0.2, 0) is 6.54 Å². The quantitative estimate of drug-likeness (QED) is 0.733. The third kappa shape index (κ3) is 1.25. The Morgan fingerprint density at radius 2 is 2.36 bits per heavy atom. The van der Waals surface area contributed by atoms with Crippen molar-refractivity contribution in [3.05, 3.63) is 11.5 Å². The van der Waals surface area contributed by atoms with Gasteiger partial charge in [-0.3, -0.25) is 0 Å². The smallest absolute Gasteiger partial charge is 0.183 e. The van der Waals surface area contributed by atoms with Crippen LogP contribution in [0, 0.1) is 11.3 Å². The van der Waals surface area contributed by atoms with Crippen molar-refractivity contribution in [2.45, 2.75) is 32.7 Å².